The van der Waals surface area contributed by atoms with E-state index in [1.165, 1.54) is 24.9 Å². The lowest BCUT2D eigenvalue weighted by molar-refractivity contribution is -0.151. The molecule has 0 N–H and O–H groups in total. The summed E-state index contributed by atoms with van der Waals surface area (Å²) >= 11 is 0. The fourth-order valence-electron chi connectivity index (χ4n) is 3.12. The van der Waals surface area contributed by atoms with Crippen molar-refractivity contribution in [3.63, 3.8) is 0 Å². The molecular weight excluding hydrogens is 386 g/mol. The number of ether oxygens (including phenoxy) is 2. The van der Waals surface area contributed by atoms with Crippen LogP contribution in [-0.2, 0) is 19.1 Å². The number of hydrogen-bond acceptors (Lipinski definition) is 5. The molecule has 1 saturated heterocycles. The third kappa shape index (κ3) is 6.13. The van der Waals surface area contributed by atoms with Crippen LogP contribution in [0.2, 0.25) is 0 Å². The zero-order valence-corrected chi connectivity index (χ0v) is 16.8. The normalized spacial score (nSPS) is 15.6. The number of nitrogens with zero attached hydrogens (tertiary/aromatic N) is 2. The number of rotatable bonds is 7. The number of halogens is 2. The summed E-state index contributed by atoms with van der Waals surface area (Å²) in [6.07, 6.45) is 0.0719. The van der Waals surface area contributed by atoms with Crippen molar-refractivity contribution in [1.82, 2.24) is 9.80 Å². The molecule has 1 atom stereocenters. The number of amides is 2. The van der Waals surface area contributed by atoms with Gasteiger partial charge in [-0.25, -0.2) is 8.78 Å². The van der Waals surface area contributed by atoms with Crippen LogP contribution in [0.5, 0.6) is 5.75 Å². The Morgan fingerprint density at radius 2 is 1.86 bits per heavy atom. The highest BCUT2D eigenvalue weighted by Crippen LogP contribution is 2.20. The molecule has 1 aromatic rings. The molecule has 0 radical (unpaired) electrons. The van der Waals surface area contributed by atoms with Gasteiger partial charge in [-0.15, -0.1) is 0 Å². The van der Waals surface area contributed by atoms with Gasteiger partial charge in [-0.2, -0.15) is 0 Å². The van der Waals surface area contributed by atoms with E-state index in [0.29, 0.717) is 32.5 Å². The van der Waals surface area contributed by atoms with Gasteiger partial charge in [0.25, 0.3) is 5.91 Å². The van der Waals surface area contributed by atoms with Gasteiger partial charge in [0.15, 0.2) is 17.7 Å². The molecule has 0 bridgehead atoms. The second-order valence-corrected chi connectivity index (χ2v) is 6.94. The molecule has 1 aliphatic heterocycles. The van der Waals surface area contributed by atoms with E-state index in [9.17, 15) is 23.2 Å². The maximum absolute atomic E-state index is 13.3. The zero-order chi connectivity index (χ0) is 21.6. The minimum Gasteiger partial charge on any atom is -0.481 e. The van der Waals surface area contributed by atoms with Crippen molar-refractivity contribution in [2.45, 2.75) is 32.8 Å². The topological polar surface area (TPSA) is 76.2 Å². The van der Waals surface area contributed by atoms with Crippen molar-refractivity contribution < 1.29 is 32.6 Å². The van der Waals surface area contributed by atoms with Crippen LogP contribution in [0.4, 0.5) is 8.78 Å². The van der Waals surface area contributed by atoms with E-state index < -0.39 is 23.6 Å². The number of esters is 1. The van der Waals surface area contributed by atoms with Crippen molar-refractivity contribution in [3.05, 3.63) is 29.8 Å². The zero-order valence-electron chi connectivity index (χ0n) is 16.8. The molecule has 0 saturated carbocycles. The Hall–Kier alpha value is -2.71. The average Bonchev–Trinajstić information content (AvgIpc) is 2.70. The molecule has 1 unspecified atom stereocenters. The maximum Gasteiger partial charge on any atom is 0.309 e. The first kappa shape index (κ1) is 22.6. The Balaban J connectivity index is 1.83. The van der Waals surface area contributed by atoms with Crippen LogP contribution in [-0.4, -0.2) is 67.0 Å². The van der Waals surface area contributed by atoms with Crippen molar-refractivity contribution in [2.75, 3.05) is 33.3 Å². The molecule has 1 aromatic carbocycles. The molecular formula is C20H26F2N2O5. The molecule has 7 nitrogen and oxygen atoms in total. The third-order valence-corrected chi connectivity index (χ3v) is 4.77. The first-order valence-corrected chi connectivity index (χ1v) is 9.54. The third-order valence-electron chi connectivity index (χ3n) is 4.77. The molecule has 0 aliphatic carbocycles. The Kier molecular flexibility index (Phi) is 7.92. The van der Waals surface area contributed by atoms with Gasteiger partial charge in [-0.3, -0.25) is 14.4 Å². The first-order valence-electron chi connectivity index (χ1n) is 9.54. The summed E-state index contributed by atoms with van der Waals surface area (Å²) in [5.74, 6) is -3.21. The lowest BCUT2D eigenvalue weighted by Crippen LogP contribution is -2.47. The molecule has 1 heterocycles. The molecule has 2 amide bonds. The standard InChI is InChI=1S/C20H26F2N2O5/c1-4-28-20(27)14-7-9-24(10-8-14)18(25)12-23(3)19(26)13(2)29-15-5-6-16(21)17(22)11-15/h5-6,11,13-14H,4,7-10,12H2,1-3H3. The van der Waals surface area contributed by atoms with Crippen LogP contribution in [0.25, 0.3) is 0 Å². The molecule has 9 heteroatoms. The smallest absolute Gasteiger partial charge is 0.309 e. The quantitative estimate of drug-likeness (QED) is 0.641. The minimum atomic E-state index is -1.07. The number of benzene rings is 1. The summed E-state index contributed by atoms with van der Waals surface area (Å²) < 4.78 is 36.6. The van der Waals surface area contributed by atoms with Gasteiger partial charge in [0.1, 0.15) is 5.75 Å². The van der Waals surface area contributed by atoms with E-state index in [1.54, 1.807) is 11.8 Å². The van der Waals surface area contributed by atoms with Crippen molar-refractivity contribution in [1.29, 1.82) is 0 Å². The van der Waals surface area contributed by atoms with Crippen molar-refractivity contribution >= 4 is 17.8 Å². The largest absolute Gasteiger partial charge is 0.481 e. The molecule has 2 rings (SSSR count). The Bertz CT molecular complexity index is 750. The highest BCUT2D eigenvalue weighted by atomic mass is 19.2. The maximum atomic E-state index is 13.3. The van der Waals surface area contributed by atoms with Gasteiger partial charge in [0, 0.05) is 26.2 Å². The Labute approximate surface area is 168 Å². The van der Waals surface area contributed by atoms with E-state index >= 15 is 0 Å². The van der Waals surface area contributed by atoms with Crippen LogP contribution < -0.4 is 4.74 Å². The van der Waals surface area contributed by atoms with Crippen LogP contribution >= 0.6 is 0 Å². The first-order chi connectivity index (χ1) is 13.7. The summed E-state index contributed by atoms with van der Waals surface area (Å²) in [4.78, 5) is 39.5. The monoisotopic (exact) mass is 412 g/mol. The molecule has 1 aliphatic rings. The van der Waals surface area contributed by atoms with E-state index in [-0.39, 0.29) is 30.1 Å². The van der Waals surface area contributed by atoms with Gasteiger partial charge >= 0.3 is 5.97 Å². The number of likely N-dealkylation sites (N-methyl/N-ethyl adjacent to an activating group) is 1. The summed E-state index contributed by atoms with van der Waals surface area (Å²) in [6.45, 7) is 4.25. The Morgan fingerprint density at radius 1 is 1.21 bits per heavy atom. The molecule has 160 valence electrons. The summed E-state index contributed by atoms with van der Waals surface area (Å²) in [5.41, 5.74) is 0. The summed E-state index contributed by atoms with van der Waals surface area (Å²) in [6, 6.07) is 2.99. The van der Waals surface area contributed by atoms with Crippen LogP contribution in [0.3, 0.4) is 0 Å². The highest BCUT2D eigenvalue weighted by molar-refractivity contribution is 5.87. The van der Waals surface area contributed by atoms with E-state index in [0.717, 1.165) is 12.1 Å². The van der Waals surface area contributed by atoms with Crippen LogP contribution in [0, 0.1) is 17.6 Å². The predicted octanol–water partition coefficient (Wildman–Crippen LogP) is 1.99. The van der Waals surface area contributed by atoms with Crippen molar-refractivity contribution in [2.24, 2.45) is 5.92 Å². The number of piperidine rings is 1. The molecule has 29 heavy (non-hydrogen) atoms. The lowest BCUT2D eigenvalue weighted by Gasteiger charge is -2.32. The summed E-state index contributed by atoms with van der Waals surface area (Å²) in [5, 5.41) is 0. The fourth-order valence-corrected chi connectivity index (χ4v) is 3.12. The van der Waals surface area contributed by atoms with Gasteiger partial charge in [0.2, 0.25) is 5.91 Å². The fraction of sp³-hybridized carbons (Fsp3) is 0.550. The van der Waals surface area contributed by atoms with Gasteiger partial charge in [-0.1, -0.05) is 0 Å². The Morgan fingerprint density at radius 3 is 2.45 bits per heavy atom. The number of carbonyl (C=O) groups excluding carboxylic acids is 3. The van der Waals surface area contributed by atoms with E-state index in [1.807, 2.05) is 0 Å². The second kappa shape index (κ2) is 10.2. The van der Waals surface area contributed by atoms with E-state index in [4.69, 9.17) is 9.47 Å². The SMILES string of the molecule is CCOC(=O)C1CCN(C(=O)CN(C)C(=O)C(C)Oc2ccc(F)c(F)c2)CC1. The van der Waals surface area contributed by atoms with Gasteiger partial charge < -0.3 is 19.3 Å². The second-order valence-electron chi connectivity index (χ2n) is 6.94. The summed E-state index contributed by atoms with van der Waals surface area (Å²) in [7, 11) is 1.47. The van der Waals surface area contributed by atoms with Gasteiger partial charge in [-0.05, 0) is 38.8 Å². The molecule has 0 aromatic heterocycles. The van der Waals surface area contributed by atoms with Crippen LogP contribution in [0.15, 0.2) is 18.2 Å². The molecule has 1 fully saturated rings. The van der Waals surface area contributed by atoms with Crippen LogP contribution in [0.1, 0.15) is 26.7 Å². The predicted molar refractivity (Wildman–Crippen MR) is 100 cm³/mol. The number of likely N-dealkylation sites (tertiary alicyclic amines) is 1. The highest BCUT2D eigenvalue weighted by Gasteiger charge is 2.29. The lowest BCUT2D eigenvalue weighted by atomic mass is 9.97. The van der Waals surface area contributed by atoms with E-state index in [2.05, 4.69) is 0 Å². The minimum absolute atomic E-state index is 0.0190. The number of carbonyl (C=O) groups is 3. The van der Waals surface area contributed by atoms with Crippen molar-refractivity contribution in [3.8, 4) is 5.75 Å². The average molecular weight is 412 g/mol. The molecule has 0 spiro atoms. The number of hydrogen-bond donors (Lipinski definition) is 0. The van der Waals surface area contributed by atoms with Gasteiger partial charge in [0.05, 0.1) is 19.1 Å².